The molecular weight excluding hydrogens is 283 g/mol. The quantitative estimate of drug-likeness (QED) is 0.908. The molecule has 1 unspecified atom stereocenters. The van der Waals surface area contributed by atoms with Crippen LogP contribution in [0.2, 0.25) is 0 Å². The van der Waals surface area contributed by atoms with Gasteiger partial charge in [0.15, 0.2) is 0 Å². The predicted octanol–water partition coefficient (Wildman–Crippen LogP) is 3.11. The van der Waals surface area contributed by atoms with E-state index in [-0.39, 0.29) is 17.7 Å². The van der Waals surface area contributed by atoms with Crippen LogP contribution in [-0.2, 0) is 6.18 Å². The number of hydrogen-bond acceptors (Lipinski definition) is 5. The van der Waals surface area contributed by atoms with Crippen molar-refractivity contribution in [2.75, 3.05) is 17.7 Å². The topological polar surface area (TPSA) is 62.7 Å². The van der Waals surface area contributed by atoms with Crippen molar-refractivity contribution in [3.8, 4) is 0 Å². The van der Waals surface area contributed by atoms with Crippen LogP contribution in [0.3, 0.4) is 0 Å². The lowest BCUT2D eigenvalue weighted by molar-refractivity contribution is -0.144. The summed E-state index contributed by atoms with van der Waals surface area (Å²) in [5.74, 6) is -1.02. The molecule has 2 rings (SSSR count). The third-order valence-electron chi connectivity index (χ3n) is 2.73. The van der Waals surface area contributed by atoms with E-state index in [1.165, 1.54) is 13.1 Å². The van der Waals surface area contributed by atoms with Gasteiger partial charge in [0.05, 0.1) is 11.7 Å². The number of anilines is 2. The molecule has 21 heavy (non-hydrogen) atoms. The SMILES string of the molecule is CNc1cc(NC(C)c2ccccn2)nc(C(F)(F)F)n1. The molecule has 0 aliphatic rings. The summed E-state index contributed by atoms with van der Waals surface area (Å²) >= 11 is 0. The normalized spacial score (nSPS) is 12.8. The zero-order valence-electron chi connectivity index (χ0n) is 11.4. The van der Waals surface area contributed by atoms with Gasteiger partial charge in [0.25, 0.3) is 0 Å². The van der Waals surface area contributed by atoms with Gasteiger partial charge in [0.1, 0.15) is 11.6 Å². The molecule has 0 spiro atoms. The van der Waals surface area contributed by atoms with Crippen LogP contribution < -0.4 is 10.6 Å². The minimum Gasteiger partial charge on any atom is -0.373 e. The number of halogens is 3. The highest BCUT2D eigenvalue weighted by Crippen LogP contribution is 2.29. The number of hydrogen-bond donors (Lipinski definition) is 2. The van der Waals surface area contributed by atoms with E-state index < -0.39 is 12.0 Å². The van der Waals surface area contributed by atoms with Gasteiger partial charge in [-0.2, -0.15) is 13.2 Å². The molecule has 0 radical (unpaired) electrons. The summed E-state index contributed by atoms with van der Waals surface area (Å²) in [6, 6.07) is 6.48. The molecule has 0 bridgehead atoms. The minimum atomic E-state index is -4.60. The fourth-order valence-corrected chi connectivity index (χ4v) is 1.70. The molecule has 0 aliphatic carbocycles. The summed E-state index contributed by atoms with van der Waals surface area (Å²) in [5, 5.41) is 5.48. The van der Waals surface area contributed by atoms with Crippen molar-refractivity contribution < 1.29 is 13.2 Å². The van der Waals surface area contributed by atoms with Gasteiger partial charge in [-0.05, 0) is 19.1 Å². The van der Waals surface area contributed by atoms with Gasteiger partial charge in [-0.1, -0.05) is 6.07 Å². The van der Waals surface area contributed by atoms with E-state index in [9.17, 15) is 13.2 Å². The lowest BCUT2D eigenvalue weighted by Crippen LogP contribution is -2.16. The standard InChI is InChI=1S/C13H14F3N5/c1-8(9-5-3-4-6-18-9)19-11-7-10(17-2)20-12(21-11)13(14,15)16/h3-8H,1-2H3,(H2,17,19,20,21). The third kappa shape index (κ3) is 3.80. The molecule has 0 saturated heterocycles. The molecule has 2 aromatic heterocycles. The average molecular weight is 297 g/mol. The van der Waals surface area contributed by atoms with Crippen molar-refractivity contribution in [1.82, 2.24) is 15.0 Å². The van der Waals surface area contributed by atoms with Gasteiger partial charge in [-0.25, -0.2) is 9.97 Å². The number of rotatable bonds is 4. The summed E-state index contributed by atoms with van der Waals surface area (Å²) in [6.07, 6.45) is -2.98. The Labute approximate surface area is 119 Å². The summed E-state index contributed by atoms with van der Waals surface area (Å²) in [7, 11) is 1.49. The minimum absolute atomic E-state index is 0.0832. The van der Waals surface area contributed by atoms with E-state index >= 15 is 0 Å². The molecule has 0 aliphatic heterocycles. The van der Waals surface area contributed by atoms with Crippen LogP contribution in [0.4, 0.5) is 24.8 Å². The third-order valence-corrected chi connectivity index (χ3v) is 2.73. The number of alkyl halides is 3. The number of nitrogens with one attached hydrogen (secondary N) is 2. The molecule has 1 atom stereocenters. The maximum atomic E-state index is 12.8. The molecule has 112 valence electrons. The Hall–Kier alpha value is -2.38. The molecule has 0 amide bonds. The van der Waals surface area contributed by atoms with E-state index in [0.29, 0.717) is 5.69 Å². The summed E-state index contributed by atoms with van der Waals surface area (Å²) in [6.45, 7) is 1.79. The van der Waals surface area contributed by atoms with E-state index in [1.807, 2.05) is 0 Å². The number of pyridine rings is 1. The number of nitrogens with zero attached hydrogens (tertiary/aromatic N) is 3. The van der Waals surface area contributed by atoms with E-state index in [0.717, 1.165) is 0 Å². The highest BCUT2D eigenvalue weighted by molar-refractivity contribution is 5.48. The summed E-state index contributed by atoms with van der Waals surface area (Å²) < 4.78 is 38.3. The fraction of sp³-hybridized carbons (Fsp3) is 0.308. The zero-order valence-corrected chi connectivity index (χ0v) is 11.4. The van der Waals surface area contributed by atoms with Crippen molar-refractivity contribution in [1.29, 1.82) is 0 Å². The van der Waals surface area contributed by atoms with Gasteiger partial charge in [-0.3, -0.25) is 4.98 Å². The monoisotopic (exact) mass is 297 g/mol. The van der Waals surface area contributed by atoms with Gasteiger partial charge in [-0.15, -0.1) is 0 Å². The van der Waals surface area contributed by atoms with Crippen LogP contribution in [0, 0.1) is 0 Å². The molecule has 2 aromatic rings. The molecule has 0 fully saturated rings. The van der Waals surface area contributed by atoms with Crippen LogP contribution in [-0.4, -0.2) is 22.0 Å². The fourth-order valence-electron chi connectivity index (χ4n) is 1.70. The first-order chi connectivity index (χ1) is 9.90. The second-order valence-electron chi connectivity index (χ2n) is 4.33. The van der Waals surface area contributed by atoms with Gasteiger partial charge in [0.2, 0.25) is 5.82 Å². The van der Waals surface area contributed by atoms with Crippen LogP contribution in [0.5, 0.6) is 0 Å². The largest absolute Gasteiger partial charge is 0.451 e. The highest BCUT2D eigenvalue weighted by atomic mass is 19.4. The number of aromatic nitrogens is 3. The van der Waals surface area contributed by atoms with Crippen molar-refractivity contribution >= 4 is 11.6 Å². The van der Waals surface area contributed by atoms with E-state index in [4.69, 9.17) is 0 Å². The molecular formula is C13H14F3N5. The lowest BCUT2D eigenvalue weighted by Gasteiger charge is -2.16. The maximum Gasteiger partial charge on any atom is 0.451 e. The van der Waals surface area contributed by atoms with Crippen molar-refractivity contribution in [2.24, 2.45) is 0 Å². The molecule has 0 aromatic carbocycles. The smallest absolute Gasteiger partial charge is 0.373 e. The second-order valence-corrected chi connectivity index (χ2v) is 4.33. The molecule has 2 heterocycles. The van der Waals surface area contributed by atoms with Crippen molar-refractivity contribution in [3.63, 3.8) is 0 Å². The first-order valence-electron chi connectivity index (χ1n) is 6.21. The van der Waals surface area contributed by atoms with Crippen LogP contribution in [0.1, 0.15) is 24.5 Å². The predicted molar refractivity (Wildman–Crippen MR) is 72.9 cm³/mol. The Bertz CT molecular complexity index is 601. The Balaban J connectivity index is 2.27. The highest BCUT2D eigenvalue weighted by Gasteiger charge is 2.35. The first kappa shape index (κ1) is 15.0. The summed E-state index contributed by atoms with van der Waals surface area (Å²) in [5.41, 5.74) is 0.704. The van der Waals surface area contributed by atoms with Crippen LogP contribution >= 0.6 is 0 Å². The Kier molecular flexibility index (Phi) is 4.25. The molecule has 2 N–H and O–H groups in total. The van der Waals surface area contributed by atoms with Gasteiger partial charge < -0.3 is 10.6 Å². The Morgan fingerprint density at radius 2 is 1.86 bits per heavy atom. The Morgan fingerprint density at radius 1 is 1.14 bits per heavy atom. The summed E-state index contributed by atoms with van der Waals surface area (Å²) in [4.78, 5) is 11.0. The van der Waals surface area contributed by atoms with E-state index in [1.54, 1.807) is 31.3 Å². The van der Waals surface area contributed by atoms with Crippen LogP contribution in [0.25, 0.3) is 0 Å². The van der Waals surface area contributed by atoms with E-state index in [2.05, 4.69) is 25.6 Å². The van der Waals surface area contributed by atoms with Crippen molar-refractivity contribution in [3.05, 3.63) is 42.0 Å². The zero-order chi connectivity index (χ0) is 15.5. The van der Waals surface area contributed by atoms with Crippen LogP contribution in [0.15, 0.2) is 30.5 Å². The first-order valence-corrected chi connectivity index (χ1v) is 6.21. The molecule has 5 nitrogen and oxygen atoms in total. The van der Waals surface area contributed by atoms with Gasteiger partial charge in [0, 0.05) is 19.3 Å². The van der Waals surface area contributed by atoms with Crippen molar-refractivity contribution in [2.45, 2.75) is 19.1 Å². The average Bonchev–Trinajstić information content (AvgIpc) is 2.46. The maximum absolute atomic E-state index is 12.8. The second kappa shape index (κ2) is 5.94. The lowest BCUT2D eigenvalue weighted by atomic mass is 10.2. The molecule has 8 heteroatoms. The molecule has 0 saturated carbocycles. The Morgan fingerprint density at radius 3 is 2.43 bits per heavy atom. The van der Waals surface area contributed by atoms with Gasteiger partial charge >= 0.3 is 6.18 Å².